The Labute approximate surface area is 225 Å². The zero-order valence-electron chi connectivity index (χ0n) is 21.8. The van der Waals surface area contributed by atoms with Crippen molar-refractivity contribution in [2.45, 2.75) is 19.3 Å². The van der Waals surface area contributed by atoms with Crippen LogP contribution in [0.1, 0.15) is 25.0 Å². The number of nitrogens with one attached hydrogen (secondary N) is 1. The summed E-state index contributed by atoms with van der Waals surface area (Å²) >= 11 is 0. The molecule has 0 aliphatic heterocycles. The third kappa shape index (κ3) is 2.61. The van der Waals surface area contributed by atoms with Gasteiger partial charge in [0, 0.05) is 48.8 Å². The predicted molar refractivity (Wildman–Crippen MR) is 164 cm³/mol. The van der Waals surface area contributed by atoms with Gasteiger partial charge in [-0.2, -0.15) is 0 Å². The smallest absolute Gasteiger partial charge is 0.144 e. The number of furan rings is 1. The predicted octanol–water partition coefficient (Wildman–Crippen LogP) is 10.3. The van der Waals surface area contributed by atoms with Crippen molar-refractivity contribution in [1.29, 1.82) is 0 Å². The van der Waals surface area contributed by atoms with E-state index in [-0.39, 0.29) is 5.41 Å². The first-order chi connectivity index (χ1) is 19.1. The molecule has 0 radical (unpaired) electrons. The summed E-state index contributed by atoms with van der Waals surface area (Å²) in [6, 6.07) is 39.5. The Bertz CT molecular complexity index is 2310. The van der Waals surface area contributed by atoms with E-state index in [1.807, 2.05) is 0 Å². The van der Waals surface area contributed by atoms with Crippen LogP contribution in [-0.2, 0) is 5.41 Å². The van der Waals surface area contributed by atoms with E-state index in [2.05, 4.69) is 128 Å². The van der Waals surface area contributed by atoms with Gasteiger partial charge < -0.3 is 9.40 Å². The molecule has 1 aliphatic rings. The molecule has 0 bridgehead atoms. The van der Waals surface area contributed by atoms with Crippen LogP contribution in [0.25, 0.3) is 76.8 Å². The summed E-state index contributed by atoms with van der Waals surface area (Å²) in [7, 11) is 0. The van der Waals surface area contributed by atoms with Crippen LogP contribution in [0.4, 0.5) is 0 Å². The maximum atomic E-state index is 6.90. The molecule has 2 heteroatoms. The summed E-state index contributed by atoms with van der Waals surface area (Å²) in [4.78, 5) is 3.72. The fourth-order valence-electron chi connectivity index (χ4n) is 7.16. The van der Waals surface area contributed by atoms with E-state index in [4.69, 9.17) is 4.42 Å². The van der Waals surface area contributed by atoms with Crippen molar-refractivity contribution >= 4 is 54.5 Å². The van der Waals surface area contributed by atoms with Gasteiger partial charge in [0.25, 0.3) is 0 Å². The van der Waals surface area contributed by atoms with Crippen LogP contribution in [0, 0.1) is 0 Å². The molecule has 0 atom stereocenters. The molecule has 1 aliphatic carbocycles. The van der Waals surface area contributed by atoms with Gasteiger partial charge in [0.1, 0.15) is 11.2 Å². The molecule has 2 nitrogen and oxygen atoms in total. The molecule has 184 valence electrons. The molecule has 2 heterocycles. The number of aromatic amines is 1. The number of para-hydroxylation sites is 2. The zero-order valence-corrected chi connectivity index (χ0v) is 21.8. The maximum absolute atomic E-state index is 6.90. The minimum Gasteiger partial charge on any atom is -0.455 e. The second kappa shape index (κ2) is 7.18. The summed E-state index contributed by atoms with van der Waals surface area (Å²) in [5.41, 5.74) is 12.0. The first-order valence-electron chi connectivity index (χ1n) is 13.6. The van der Waals surface area contributed by atoms with Crippen LogP contribution in [0.2, 0.25) is 0 Å². The Morgan fingerprint density at radius 2 is 1.23 bits per heavy atom. The molecular weight excluding hydrogens is 474 g/mol. The first-order valence-corrected chi connectivity index (χ1v) is 13.6. The third-order valence-electron chi connectivity index (χ3n) is 9.01. The van der Waals surface area contributed by atoms with Gasteiger partial charge in [-0.05, 0) is 39.9 Å². The van der Waals surface area contributed by atoms with E-state index in [1.54, 1.807) is 0 Å². The molecule has 8 aromatic rings. The lowest BCUT2D eigenvalue weighted by Gasteiger charge is -2.22. The first kappa shape index (κ1) is 21.2. The molecule has 2 aromatic heterocycles. The number of rotatable bonds is 1. The van der Waals surface area contributed by atoms with Crippen molar-refractivity contribution in [1.82, 2.24) is 4.98 Å². The molecular formula is C37H25NO. The number of H-pyrrole nitrogens is 1. The highest BCUT2D eigenvalue weighted by molar-refractivity contribution is 6.35. The molecule has 9 rings (SSSR count). The van der Waals surface area contributed by atoms with E-state index >= 15 is 0 Å². The highest BCUT2D eigenvalue weighted by Gasteiger charge is 2.35. The van der Waals surface area contributed by atoms with Gasteiger partial charge in [0.2, 0.25) is 0 Å². The van der Waals surface area contributed by atoms with Crippen LogP contribution in [0.5, 0.6) is 0 Å². The lowest BCUT2D eigenvalue weighted by molar-refractivity contribution is 0.660. The second-order valence-electron chi connectivity index (χ2n) is 11.4. The van der Waals surface area contributed by atoms with Crippen LogP contribution in [0.3, 0.4) is 0 Å². The van der Waals surface area contributed by atoms with Gasteiger partial charge in [0.15, 0.2) is 0 Å². The van der Waals surface area contributed by atoms with E-state index in [9.17, 15) is 0 Å². The Balaban J connectivity index is 1.39. The summed E-state index contributed by atoms with van der Waals surface area (Å²) in [6.07, 6.45) is 0. The number of fused-ring (bicyclic) bond motifs is 13. The Morgan fingerprint density at radius 1 is 0.538 bits per heavy atom. The van der Waals surface area contributed by atoms with Crippen LogP contribution in [0.15, 0.2) is 114 Å². The van der Waals surface area contributed by atoms with Crippen molar-refractivity contribution in [3.05, 3.63) is 120 Å². The van der Waals surface area contributed by atoms with Gasteiger partial charge in [-0.3, -0.25) is 0 Å². The number of hydrogen-bond acceptors (Lipinski definition) is 1. The molecule has 0 spiro atoms. The number of aromatic nitrogens is 1. The zero-order chi connectivity index (χ0) is 25.9. The largest absolute Gasteiger partial charge is 0.455 e. The van der Waals surface area contributed by atoms with Crippen LogP contribution in [-0.4, -0.2) is 4.98 Å². The topological polar surface area (TPSA) is 28.9 Å². The van der Waals surface area contributed by atoms with Crippen LogP contribution < -0.4 is 0 Å². The summed E-state index contributed by atoms with van der Waals surface area (Å²) < 4.78 is 6.90. The van der Waals surface area contributed by atoms with Gasteiger partial charge in [-0.15, -0.1) is 0 Å². The summed E-state index contributed by atoms with van der Waals surface area (Å²) in [5.74, 6) is 0. The lowest BCUT2D eigenvalue weighted by Crippen LogP contribution is -2.14. The molecule has 0 saturated carbocycles. The fraction of sp³-hybridized carbons (Fsp3) is 0.0811. The van der Waals surface area contributed by atoms with Crippen molar-refractivity contribution in [2.24, 2.45) is 0 Å². The molecule has 1 N–H and O–H groups in total. The molecule has 6 aromatic carbocycles. The van der Waals surface area contributed by atoms with Crippen molar-refractivity contribution < 1.29 is 4.42 Å². The number of benzene rings is 6. The fourth-order valence-corrected chi connectivity index (χ4v) is 7.16. The van der Waals surface area contributed by atoms with Gasteiger partial charge in [-0.1, -0.05) is 111 Å². The molecule has 0 amide bonds. The second-order valence-corrected chi connectivity index (χ2v) is 11.4. The van der Waals surface area contributed by atoms with E-state index in [0.29, 0.717) is 0 Å². The minimum atomic E-state index is -0.0455. The quantitative estimate of drug-likeness (QED) is 0.239. The minimum absolute atomic E-state index is 0.0455. The van der Waals surface area contributed by atoms with Crippen molar-refractivity contribution in [2.75, 3.05) is 0 Å². The lowest BCUT2D eigenvalue weighted by atomic mass is 9.81. The average molecular weight is 500 g/mol. The normalized spacial score (nSPS) is 14.1. The number of hydrogen-bond donors (Lipinski definition) is 1. The van der Waals surface area contributed by atoms with Gasteiger partial charge in [-0.25, -0.2) is 0 Å². The monoisotopic (exact) mass is 499 g/mol. The Hall–Kier alpha value is -4.82. The molecule has 0 fully saturated rings. The van der Waals surface area contributed by atoms with E-state index in [1.165, 1.54) is 54.9 Å². The summed E-state index contributed by atoms with van der Waals surface area (Å²) in [5, 5.41) is 7.14. The molecule has 39 heavy (non-hydrogen) atoms. The van der Waals surface area contributed by atoms with Crippen LogP contribution >= 0.6 is 0 Å². The highest BCUT2D eigenvalue weighted by atomic mass is 16.3. The van der Waals surface area contributed by atoms with E-state index in [0.717, 1.165) is 33.0 Å². The molecule has 0 saturated heterocycles. The highest BCUT2D eigenvalue weighted by Crippen LogP contribution is 2.50. The standard InChI is InChI=1S/C37H25NO/c1-37(2)29-16-7-5-10-23(29)24-19-18-21(20-30(24)37)22-14-9-15-28-33-32-27-13-6-8-17-31(27)38-34(32)25-11-3-4-12-26(25)36(33)39-35(22)28/h3-20,38H,1-2H3. The molecule has 0 unspecified atom stereocenters. The third-order valence-corrected chi connectivity index (χ3v) is 9.01. The maximum Gasteiger partial charge on any atom is 0.144 e. The average Bonchev–Trinajstić information content (AvgIpc) is 3.62. The van der Waals surface area contributed by atoms with Crippen molar-refractivity contribution in [3.63, 3.8) is 0 Å². The van der Waals surface area contributed by atoms with Gasteiger partial charge in [0.05, 0.1) is 5.52 Å². The summed E-state index contributed by atoms with van der Waals surface area (Å²) in [6.45, 7) is 4.67. The Kier molecular flexibility index (Phi) is 3.89. The SMILES string of the molecule is CC1(C)c2ccccc2-c2ccc(-c3cccc4c3oc3c5ccccc5c5[nH]c6ccccc6c5c43)cc21. The Morgan fingerprint density at radius 3 is 2.13 bits per heavy atom. The van der Waals surface area contributed by atoms with Crippen molar-refractivity contribution in [3.8, 4) is 22.3 Å². The van der Waals surface area contributed by atoms with E-state index < -0.39 is 0 Å². The van der Waals surface area contributed by atoms with Gasteiger partial charge >= 0.3 is 0 Å².